The van der Waals surface area contributed by atoms with Crippen LogP contribution in [0.5, 0.6) is 5.75 Å². The van der Waals surface area contributed by atoms with Crippen molar-refractivity contribution >= 4 is 22.9 Å². The van der Waals surface area contributed by atoms with Crippen LogP contribution in [0.2, 0.25) is 0 Å². The molecule has 0 bridgehead atoms. The van der Waals surface area contributed by atoms with Crippen molar-refractivity contribution in [3.8, 4) is 17.0 Å². The molecule has 7 heteroatoms. The highest BCUT2D eigenvalue weighted by Gasteiger charge is 2.34. The lowest BCUT2D eigenvalue weighted by Gasteiger charge is -2.37. The number of amides is 1. The highest BCUT2D eigenvalue weighted by atomic mass is 16.5. The number of nitrogens with one attached hydrogen (secondary N) is 1. The third kappa shape index (κ3) is 5.67. The Balaban J connectivity index is 1.44. The normalized spacial score (nSPS) is 15.9. The molecular weight excluding hydrogens is 478 g/mol. The summed E-state index contributed by atoms with van der Waals surface area (Å²) in [4.78, 5) is 34.1. The minimum absolute atomic E-state index is 0.123. The number of aryl methyl sites for hydroxylation is 1. The van der Waals surface area contributed by atoms with Gasteiger partial charge in [-0.25, -0.2) is 9.97 Å². The van der Waals surface area contributed by atoms with Crippen LogP contribution in [0.25, 0.3) is 22.3 Å². The number of aromatic nitrogens is 2. The Kier molecular flexibility index (Phi) is 7.09. The lowest BCUT2D eigenvalue weighted by atomic mass is 9.89. The van der Waals surface area contributed by atoms with Crippen molar-refractivity contribution in [2.45, 2.75) is 57.6 Å². The number of carboxylic acid groups (broad SMARTS) is 1. The molecule has 3 aromatic carbocycles. The summed E-state index contributed by atoms with van der Waals surface area (Å²) in [6.45, 7) is 4.05. The minimum atomic E-state index is -0.802. The molecule has 0 spiro atoms. The van der Waals surface area contributed by atoms with E-state index >= 15 is 0 Å². The molecule has 194 valence electrons. The summed E-state index contributed by atoms with van der Waals surface area (Å²) in [6.07, 6.45) is 2.63. The number of aliphatic carboxylic acids is 1. The number of benzene rings is 3. The van der Waals surface area contributed by atoms with Crippen LogP contribution < -0.4 is 10.1 Å². The van der Waals surface area contributed by atoms with Gasteiger partial charge in [-0.15, -0.1) is 0 Å². The molecule has 7 nitrogen and oxygen atoms in total. The number of rotatable bonds is 8. The van der Waals surface area contributed by atoms with Gasteiger partial charge in [-0.2, -0.15) is 0 Å². The van der Waals surface area contributed by atoms with Gasteiger partial charge in [0.05, 0.1) is 28.5 Å². The first-order chi connectivity index (χ1) is 18.3. The highest BCUT2D eigenvalue weighted by molar-refractivity contribution is 5.97. The predicted octanol–water partition coefficient (Wildman–Crippen LogP) is 6.13. The van der Waals surface area contributed by atoms with Crippen LogP contribution in [0, 0.1) is 0 Å². The molecule has 1 aromatic heterocycles. The van der Waals surface area contributed by atoms with E-state index in [4.69, 9.17) is 19.8 Å². The van der Waals surface area contributed by atoms with Gasteiger partial charge >= 0.3 is 5.97 Å². The zero-order chi connectivity index (χ0) is 26.7. The predicted molar refractivity (Wildman–Crippen MR) is 146 cm³/mol. The number of carbonyl (C=O) groups excluding carboxylic acids is 1. The summed E-state index contributed by atoms with van der Waals surface area (Å²) in [7, 11) is 0. The Hall–Kier alpha value is -4.26. The zero-order valence-corrected chi connectivity index (χ0v) is 21.6. The monoisotopic (exact) mass is 509 g/mol. The number of hydrogen-bond donors (Lipinski definition) is 2. The topological polar surface area (TPSA) is 101 Å². The molecule has 0 aliphatic carbocycles. The van der Waals surface area contributed by atoms with Crippen LogP contribution >= 0.6 is 0 Å². The number of hydrogen-bond acceptors (Lipinski definition) is 5. The number of nitrogens with zero attached hydrogens (tertiary/aromatic N) is 2. The average molecular weight is 510 g/mol. The molecule has 1 aliphatic rings. The second-order valence-electron chi connectivity index (χ2n) is 10.3. The third-order valence-corrected chi connectivity index (χ3v) is 6.78. The fraction of sp³-hybridized carbons (Fsp3) is 0.290. The molecule has 0 radical (unpaired) electrons. The van der Waals surface area contributed by atoms with E-state index in [1.807, 2.05) is 74.5 Å². The van der Waals surface area contributed by atoms with Crippen LogP contribution in [-0.2, 0) is 11.2 Å². The van der Waals surface area contributed by atoms with Gasteiger partial charge in [0, 0.05) is 29.5 Å². The molecule has 1 atom stereocenters. The molecule has 1 amide bonds. The zero-order valence-electron chi connectivity index (χ0n) is 21.6. The first-order valence-corrected chi connectivity index (χ1v) is 13.0. The van der Waals surface area contributed by atoms with Crippen molar-refractivity contribution in [1.29, 1.82) is 0 Å². The van der Waals surface area contributed by atoms with Crippen molar-refractivity contribution in [2.75, 3.05) is 0 Å². The summed E-state index contributed by atoms with van der Waals surface area (Å²) in [6, 6.07) is 22.9. The molecule has 0 fully saturated rings. The summed E-state index contributed by atoms with van der Waals surface area (Å²) < 4.78 is 6.11. The Morgan fingerprint density at radius 3 is 2.53 bits per heavy atom. The number of unbranched alkanes of at least 4 members (excludes halogenated alkanes) is 1. The van der Waals surface area contributed by atoms with Crippen LogP contribution in [-0.4, -0.2) is 32.6 Å². The highest BCUT2D eigenvalue weighted by Crippen LogP contribution is 2.39. The lowest BCUT2D eigenvalue weighted by Crippen LogP contribution is -2.41. The molecule has 1 unspecified atom stereocenters. The summed E-state index contributed by atoms with van der Waals surface area (Å²) in [5, 5.41) is 12.2. The van der Waals surface area contributed by atoms with E-state index in [-0.39, 0.29) is 18.4 Å². The number of ether oxygens (including phenoxy) is 1. The van der Waals surface area contributed by atoms with Gasteiger partial charge in [-0.1, -0.05) is 48.5 Å². The maximum absolute atomic E-state index is 13.4. The van der Waals surface area contributed by atoms with E-state index in [2.05, 4.69) is 5.32 Å². The summed E-state index contributed by atoms with van der Waals surface area (Å²) >= 11 is 0. The van der Waals surface area contributed by atoms with Crippen LogP contribution in [0.4, 0.5) is 0 Å². The molecule has 2 heterocycles. The van der Waals surface area contributed by atoms with Gasteiger partial charge in [-0.3, -0.25) is 9.59 Å². The summed E-state index contributed by atoms with van der Waals surface area (Å²) in [5.74, 6) is -0.190. The largest absolute Gasteiger partial charge is 0.487 e. The number of para-hydroxylation sites is 1. The smallest absolute Gasteiger partial charge is 0.303 e. The minimum Gasteiger partial charge on any atom is -0.487 e. The summed E-state index contributed by atoms with van der Waals surface area (Å²) in [5.41, 5.74) is 4.96. The van der Waals surface area contributed by atoms with Gasteiger partial charge in [0.1, 0.15) is 11.4 Å². The molecule has 38 heavy (non-hydrogen) atoms. The van der Waals surface area contributed by atoms with Crippen molar-refractivity contribution in [3.63, 3.8) is 0 Å². The van der Waals surface area contributed by atoms with E-state index < -0.39 is 11.6 Å². The van der Waals surface area contributed by atoms with Gasteiger partial charge in [0.15, 0.2) is 0 Å². The second kappa shape index (κ2) is 10.6. The molecule has 1 aliphatic heterocycles. The first-order valence-electron chi connectivity index (χ1n) is 13.0. The average Bonchev–Trinajstić information content (AvgIpc) is 2.90. The van der Waals surface area contributed by atoms with Crippen molar-refractivity contribution < 1.29 is 19.4 Å². The Bertz CT molecular complexity index is 1480. The van der Waals surface area contributed by atoms with E-state index in [0.717, 1.165) is 28.3 Å². The number of carboxylic acids is 1. The van der Waals surface area contributed by atoms with Crippen LogP contribution in [0.1, 0.15) is 67.2 Å². The number of fused-ring (bicyclic) bond motifs is 2. The van der Waals surface area contributed by atoms with Crippen molar-refractivity contribution in [3.05, 3.63) is 89.6 Å². The second-order valence-corrected chi connectivity index (χ2v) is 10.3. The fourth-order valence-electron chi connectivity index (χ4n) is 4.97. The SMILES string of the molecule is CC1(C)CC(NC(=O)c2ccc3nc(-c4ccccc4)c(CCCCC(=O)O)nc3c2)c2ccccc2O1. The van der Waals surface area contributed by atoms with E-state index in [0.29, 0.717) is 42.3 Å². The maximum atomic E-state index is 13.4. The fourth-order valence-corrected chi connectivity index (χ4v) is 4.97. The van der Waals surface area contributed by atoms with Gasteiger partial charge in [0.25, 0.3) is 5.91 Å². The van der Waals surface area contributed by atoms with E-state index in [1.54, 1.807) is 12.1 Å². The van der Waals surface area contributed by atoms with Gasteiger partial charge in [-0.05, 0) is 57.4 Å². The van der Waals surface area contributed by atoms with Gasteiger partial charge in [0.2, 0.25) is 0 Å². The molecule has 0 saturated heterocycles. The Morgan fingerprint density at radius 1 is 0.974 bits per heavy atom. The van der Waals surface area contributed by atoms with Crippen LogP contribution in [0.15, 0.2) is 72.8 Å². The standard InChI is InChI=1S/C31H31N3O4/c1-31(2)19-26(22-12-6-8-14-27(22)38-31)34-30(37)21-16-17-23-25(18-21)32-24(13-7-9-15-28(35)36)29(33-23)20-10-4-3-5-11-20/h3-6,8,10-12,14,16-18,26H,7,9,13,15,19H2,1-2H3,(H,34,37)(H,35,36). The Morgan fingerprint density at radius 2 is 1.74 bits per heavy atom. The van der Waals surface area contributed by atoms with E-state index in [9.17, 15) is 9.59 Å². The maximum Gasteiger partial charge on any atom is 0.303 e. The quantitative estimate of drug-likeness (QED) is 0.277. The lowest BCUT2D eigenvalue weighted by molar-refractivity contribution is -0.137. The molecule has 5 rings (SSSR count). The molecule has 4 aromatic rings. The van der Waals surface area contributed by atoms with Crippen LogP contribution in [0.3, 0.4) is 0 Å². The van der Waals surface area contributed by atoms with E-state index in [1.165, 1.54) is 0 Å². The van der Waals surface area contributed by atoms with Crippen molar-refractivity contribution in [2.24, 2.45) is 0 Å². The Labute approximate surface area is 221 Å². The third-order valence-electron chi connectivity index (χ3n) is 6.78. The molecular formula is C31H31N3O4. The first kappa shape index (κ1) is 25.4. The number of carbonyl (C=O) groups is 2. The molecule has 2 N–H and O–H groups in total. The molecule has 0 saturated carbocycles. The van der Waals surface area contributed by atoms with Crippen molar-refractivity contribution in [1.82, 2.24) is 15.3 Å². The van der Waals surface area contributed by atoms with Gasteiger partial charge < -0.3 is 15.2 Å².